The lowest BCUT2D eigenvalue weighted by Crippen LogP contribution is -2.53. The van der Waals surface area contributed by atoms with E-state index >= 15 is 0 Å². The highest BCUT2D eigenvalue weighted by Gasteiger charge is 2.64. The minimum Gasteiger partial charge on any atom is -0.451 e. The summed E-state index contributed by atoms with van der Waals surface area (Å²) in [7, 11) is -8.70. The van der Waals surface area contributed by atoms with Crippen LogP contribution in [0.3, 0.4) is 0 Å². The Kier molecular flexibility index (Phi) is 3.19. The average molecular weight is 319 g/mol. The molecule has 0 spiro atoms. The monoisotopic (exact) mass is 319 g/mol. The van der Waals surface area contributed by atoms with Crippen LogP contribution in [0.5, 0.6) is 5.75 Å². The molecule has 2 rings (SSSR count). The quantitative estimate of drug-likeness (QED) is 0.794. The van der Waals surface area contributed by atoms with Crippen molar-refractivity contribution in [3.8, 4) is 5.75 Å². The second-order valence-electron chi connectivity index (χ2n) is 4.57. The second-order valence-corrected chi connectivity index (χ2v) is 9.06. The van der Waals surface area contributed by atoms with Gasteiger partial charge in [0, 0.05) is 19.1 Å². The maximum atomic E-state index is 12.3. The van der Waals surface area contributed by atoms with Crippen molar-refractivity contribution >= 4 is 25.5 Å². The van der Waals surface area contributed by atoms with E-state index < -0.39 is 29.7 Å². The van der Waals surface area contributed by atoms with Crippen molar-refractivity contribution in [3.05, 3.63) is 29.3 Å². The zero-order valence-electron chi connectivity index (χ0n) is 10.8. The van der Waals surface area contributed by atoms with Crippen LogP contribution >= 0.6 is 0 Å². The molecule has 0 saturated heterocycles. The van der Waals surface area contributed by atoms with Crippen molar-refractivity contribution < 1.29 is 26.4 Å². The Morgan fingerprint density at radius 3 is 2.15 bits per heavy atom. The van der Waals surface area contributed by atoms with Crippen molar-refractivity contribution in [1.82, 2.24) is 0 Å². The predicted octanol–water partition coefficient (Wildman–Crippen LogP) is -0.537. The lowest BCUT2D eigenvalue weighted by Gasteiger charge is -2.22. The first-order chi connectivity index (χ1) is 9.04. The second kappa shape index (κ2) is 4.27. The van der Waals surface area contributed by atoms with Crippen LogP contribution in [0.2, 0.25) is 0 Å². The summed E-state index contributed by atoms with van der Waals surface area (Å²) in [6.45, 7) is 0.148. The fraction of sp³-hybridized carbons (Fsp3) is 0.364. The summed E-state index contributed by atoms with van der Waals surface area (Å²) in [6.07, 6.45) is 1.31. The summed E-state index contributed by atoms with van der Waals surface area (Å²) in [4.78, 5) is 12.3. The topological polar surface area (TPSA) is 121 Å². The fourth-order valence-electron chi connectivity index (χ4n) is 2.08. The van der Waals surface area contributed by atoms with E-state index in [1.807, 2.05) is 0 Å². The molecular formula is C11H13NO6S2. The van der Waals surface area contributed by atoms with Crippen molar-refractivity contribution in [3.63, 3.8) is 0 Å². The summed E-state index contributed by atoms with van der Waals surface area (Å²) in [5.74, 6) is -1.19. The number of nitrogens with two attached hydrogens (primary N) is 1. The Hall–Kier alpha value is -1.45. The summed E-state index contributed by atoms with van der Waals surface area (Å²) in [5.41, 5.74) is 5.95. The third kappa shape index (κ3) is 1.85. The van der Waals surface area contributed by atoms with Crippen LogP contribution in [0.15, 0.2) is 18.2 Å². The number of benzene rings is 1. The molecule has 1 aromatic carbocycles. The normalized spacial score (nSPS) is 17.6. The molecule has 0 unspecified atom stereocenters. The van der Waals surface area contributed by atoms with Gasteiger partial charge in [-0.3, -0.25) is 4.79 Å². The van der Waals surface area contributed by atoms with Crippen LogP contribution < -0.4 is 10.5 Å². The molecule has 1 heterocycles. The van der Waals surface area contributed by atoms with Gasteiger partial charge in [-0.2, -0.15) is 0 Å². The largest absolute Gasteiger partial charge is 0.451 e. The number of hydrogen-bond acceptors (Lipinski definition) is 7. The zero-order chi connectivity index (χ0) is 15.3. The summed E-state index contributed by atoms with van der Waals surface area (Å²) < 4.78 is 49.7. The highest BCUT2D eigenvalue weighted by Crippen LogP contribution is 2.41. The number of fused-ring (bicyclic) bond motifs is 1. The molecule has 110 valence electrons. The molecule has 0 aromatic heterocycles. The number of carbonyl (C=O) groups is 1. The van der Waals surface area contributed by atoms with Gasteiger partial charge in [-0.1, -0.05) is 6.07 Å². The van der Waals surface area contributed by atoms with E-state index in [0.717, 1.165) is 0 Å². The smallest absolute Gasteiger partial charge is 0.371 e. The van der Waals surface area contributed by atoms with E-state index in [0.29, 0.717) is 18.1 Å². The Labute approximate surface area is 116 Å². The molecule has 0 atom stereocenters. The summed E-state index contributed by atoms with van der Waals surface area (Å²) in [5, 5.41) is 0. The molecule has 1 aliphatic rings. The Morgan fingerprint density at radius 2 is 1.70 bits per heavy atom. The maximum absolute atomic E-state index is 12.3. The summed E-state index contributed by atoms with van der Waals surface area (Å²) in [6, 6.07) is 4.20. The standard InChI is InChI=1S/C11H13NO6S2/c1-19(14,15)11(20(2,16)17)10(13)8-4-3-7(6-12)5-9(8)18-11/h3-5H,6,12H2,1-2H3. The van der Waals surface area contributed by atoms with Crippen LogP contribution in [-0.2, 0) is 26.2 Å². The van der Waals surface area contributed by atoms with Gasteiger partial charge in [-0.25, -0.2) is 16.8 Å². The first-order valence-corrected chi connectivity index (χ1v) is 9.29. The van der Waals surface area contributed by atoms with E-state index in [2.05, 4.69) is 0 Å². The molecule has 0 aliphatic carbocycles. The van der Waals surface area contributed by atoms with Crippen molar-refractivity contribution in [2.45, 2.75) is 10.8 Å². The summed E-state index contributed by atoms with van der Waals surface area (Å²) >= 11 is 0. The van der Waals surface area contributed by atoms with E-state index in [1.54, 1.807) is 0 Å². The molecule has 20 heavy (non-hydrogen) atoms. The van der Waals surface area contributed by atoms with Crippen LogP contribution in [-0.4, -0.2) is 39.4 Å². The molecule has 7 nitrogen and oxygen atoms in total. The number of hydrogen-bond donors (Lipinski definition) is 1. The molecule has 9 heteroatoms. The van der Waals surface area contributed by atoms with Crippen molar-refractivity contribution in [1.29, 1.82) is 0 Å². The van der Waals surface area contributed by atoms with Gasteiger partial charge in [0.25, 0.3) is 0 Å². The lowest BCUT2D eigenvalue weighted by atomic mass is 10.1. The minimum absolute atomic E-state index is 0.0851. The van der Waals surface area contributed by atoms with E-state index in [-0.39, 0.29) is 17.9 Å². The first-order valence-electron chi connectivity index (χ1n) is 5.50. The van der Waals surface area contributed by atoms with E-state index in [9.17, 15) is 21.6 Å². The number of ketones is 1. The molecule has 1 aliphatic heterocycles. The van der Waals surface area contributed by atoms with E-state index in [1.165, 1.54) is 18.2 Å². The fourth-order valence-corrected chi connectivity index (χ4v) is 5.66. The molecule has 0 radical (unpaired) electrons. The van der Waals surface area contributed by atoms with Crippen molar-refractivity contribution in [2.24, 2.45) is 5.73 Å². The molecule has 0 bridgehead atoms. The Balaban J connectivity index is 2.77. The molecule has 0 fully saturated rings. The number of sulfone groups is 2. The van der Waals surface area contributed by atoms with Gasteiger partial charge in [0.05, 0.1) is 5.56 Å². The SMILES string of the molecule is CS(=O)(=O)C1(S(C)(=O)=O)Oc2cc(CN)ccc2C1=O. The van der Waals surface area contributed by atoms with Crippen LogP contribution in [0, 0.1) is 0 Å². The number of rotatable bonds is 3. The maximum Gasteiger partial charge on any atom is 0.371 e. The van der Waals surface area contributed by atoms with Crippen molar-refractivity contribution in [2.75, 3.05) is 12.5 Å². The molecule has 0 saturated carbocycles. The van der Waals surface area contributed by atoms with Gasteiger partial charge < -0.3 is 10.5 Å². The van der Waals surface area contributed by atoms with Gasteiger partial charge >= 0.3 is 4.27 Å². The first kappa shape index (κ1) is 14.9. The van der Waals surface area contributed by atoms with Crippen LogP contribution in [0.25, 0.3) is 0 Å². The average Bonchev–Trinajstić information content (AvgIpc) is 2.62. The lowest BCUT2D eigenvalue weighted by molar-refractivity contribution is 0.0893. The minimum atomic E-state index is -4.35. The third-order valence-electron chi connectivity index (χ3n) is 3.03. The molecule has 0 amide bonds. The highest BCUT2D eigenvalue weighted by molar-refractivity contribution is 8.10. The number of ether oxygens (including phenoxy) is 1. The van der Waals surface area contributed by atoms with Gasteiger partial charge in [-0.15, -0.1) is 0 Å². The Bertz CT molecular complexity index is 762. The van der Waals surface area contributed by atoms with Crippen LogP contribution in [0.1, 0.15) is 15.9 Å². The van der Waals surface area contributed by atoms with Gasteiger partial charge in [0.1, 0.15) is 5.75 Å². The predicted molar refractivity (Wildman–Crippen MR) is 71.7 cm³/mol. The molecule has 2 N–H and O–H groups in total. The highest BCUT2D eigenvalue weighted by atomic mass is 32.3. The Morgan fingerprint density at radius 1 is 1.15 bits per heavy atom. The molecular weight excluding hydrogens is 306 g/mol. The third-order valence-corrected chi connectivity index (χ3v) is 7.33. The van der Waals surface area contributed by atoms with Crippen LogP contribution in [0.4, 0.5) is 0 Å². The van der Waals surface area contributed by atoms with Gasteiger partial charge in [0.2, 0.25) is 25.5 Å². The van der Waals surface area contributed by atoms with E-state index in [4.69, 9.17) is 10.5 Å². The number of Topliss-reactive ketones (excluding diaryl/α,β-unsaturated/α-hetero) is 1. The number of carbonyl (C=O) groups excluding carboxylic acids is 1. The van der Waals surface area contributed by atoms with Gasteiger partial charge in [-0.05, 0) is 17.7 Å². The molecule has 1 aromatic rings. The van der Waals surface area contributed by atoms with Gasteiger partial charge in [0.15, 0.2) is 0 Å². The zero-order valence-corrected chi connectivity index (χ0v) is 12.4.